The smallest absolute Gasteiger partial charge is 0.253 e. The average molecular weight is 327 g/mol. The van der Waals surface area contributed by atoms with E-state index < -0.39 is 0 Å². The molecule has 1 aliphatic heterocycles. The fraction of sp³-hybridized carbons (Fsp3) is 0.474. The van der Waals surface area contributed by atoms with Crippen molar-refractivity contribution in [1.29, 1.82) is 0 Å². The first-order chi connectivity index (χ1) is 11.6. The monoisotopic (exact) mass is 327 g/mol. The molecule has 0 bridgehead atoms. The Morgan fingerprint density at radius 3 is 2.62 bits per heavy atom. The van der Waals surface area contributed by atoms with Crippen LogP contribution in [0.1, 0.15) is 45.9 Å². The van der Waals surface area contributed by atoms with Gasteiger partial charge in [-0.2, -0.15) is 5.10 Å². The second-order valence-corrected chi connectivity index (χ2v) is 6.57. The van der Waals surface area contributed by atoms with E-state index in [4.69, 9.17) is 5.11 Å². The summed E-state index contributed by atoms with van der Waals surface area (Å²) >= 11 is 0. The van der Waals surface area contributed by atoms with Gasteiger partial charge in [0.1, 0.15) is 0 Å². The van der Waals surface area contributed by atoms with Gasteiger partial charge in [0.25, 0.3) is 5.91 Å². The quantitative estimate of drug-likeness (QED) is 0.939. The molecule has 1 aliphatic rings. The molecule has 0 unspecified atom stereocenters. The molecule has 1 saturated heterocycles. The van der Waals surface area contributed by atoms with Gasteiger partial charge in [0.05, 0.1) is 13.2 Å². The van der Waals surface area contributed by atoms with Crippen molar-refractivity contribution < 1.29 is 9.90 Å². The highest BCUT2D eigenvalue weighted by Gasteiger charge is 2.26. The third-order valence-corrected chi connectivity index (χ3v) is 5.02. The lowest BCUT2D eigenvalue weighted by molar-refractivity contribution is 0.0711. The zero-order valence-corrected chi connectivity index (χ0v) is 14.4. The second kappa shape index (κ2) is 7.18. The van der Waals surface area contributed by atoms with Crippen LogP contribution in [0.15, 0.2) is 30.5 Å². The van der Waals surface area contributed by atoms with E-state index in [0.717, 1.165) is 37.1 Å². The Hall–Kier alpha value is -2.14. The summed E-state index contributed by atoms with van der Waals surface area (Å²) in [6.45, 7) is 6.26. The third-order valence-electron chi connectivity index (χ3n) is 5.02. The minimum atomic E-state index is 0.0960. The van der Waals surface area contributed by atoms with E-state index >= 15 is 0 Å². The number of piperidine rings is 1. The molecule has 1 aromatic carbocycles. The Kier molecular flexibility index (Phi) is 5.00. The van der Waals surface area contributed by atoms with Crippen molar-refractivity contribution in [2.45, 2.75) is 39.2 Å². The minimum absolute atomic E-state index is 0.0960. The van der Waals surface area contributed by atoms with Gasteiger partial charge in [0, 0.05) is 36.5 Å². The molecule has 3 rings (SSSR count). The zero-order chi connectivity index (χ0) is 17.1. The van der Waals surface area contributed by atoms with Crippen LogP contribution in [-0.2, 0) is 6.54 Å². The lowest BCUT2D eigenvalue weighted by atomic mass is 9.93. The van der Waals surface area contributed by atoms with Gasteiger partial charge < -0.3 is 10.0 Å². The fourth-order valence-corrected chi connectivity index (χ4v) is 3.41. The van der Waals surface area contributed by atoms with Crippen molar-refractivity contribution >= 4 is 5.91 Å². The van der Waals surface area contributed by atoms with Crippen LogP contribution in [-0.4, -0.2) is 45.4 Å². The number of likely N-dealkylation sites (tertiary alicyclic amines) is 1. The summed E-state index contributed by atoms with van der Waals surface area (Å²) in [6, 6.07) is 7.96. The Bertz CT molecular complexity index is 715. The summed E-state index contributed by atoms with van der Waals surface area (Å²) in [6.07, 6.45) is 3.67. The zero-order valence-electron chi connectivity index (χ0n) is 14.4. The van der Waals surface area contributed by atoms with E-state index in [0.29, 0.717) is 12.5 Å². The van der Waals surface area contributed by atoms with Crippen molar-refractivity contribution in [3.63, 3.8) is 0 Å². The van der Waals surface area contributed by atoms with Gasteiger partial charge in [-0.05, 0) is 56.0 Å². The molecule has 1 N–H and O–H groups in total. The molecule has 0 saturated carbocycles. The maximum Gasteiger partial charge on any atom is 0.253 e. The minimum Gasteiger partial charge on any atom is -0.394 e. The van der Waals surface area contributed by atoms with E-state index in [1.165, 1.54) is 11.3 Å². The van der Waals surface area contributed by atoms with E-state index in [2.05, 4.69) is 12.0 Å². The largest absolute Gasteiger partial charge is 0.394 e. The summed E-state index contributed by atoms with van der Waals surface area (Å²) in [5, 5.41) is 13.4. The molecular weight excluding hydrogens is 302 g/mol. The Balaban J connectivity index is 1.65. The number of rotatable bonds is 4. The van der Waals surface area contributed by atoms with Gasteiger partial charge in [0.15, 0.2) is 0 Å². The number of aromatic nitrogens is 2. The van der Waals surface area contributed by atoms with Crippen LogP contribution in [0.4, 0.5) is 0 Å². The molecule has 1 aromatic heterocycles. The molecule has 1 amide bonds. The first kappa shape index (κ1) is 16.7. The third kappa shape index (κ3) is 3.36. The standard InChI is InChI=1S/C19H25N3O2/c1-14-3-4-17(13-15(14)2)19(24)21-9-6-16(7-10-21)18-5-8-20-22(18)11-12-23/h3-5,8,13,16,23H,6-7,9-12H2,1-2H3. The van der Waals surface area contributed by atoms with Gasteiger partial charge in [-0.15, -0.1) is 0 Å². The number of aliphatic hydroxyl groups excluding tert-OH is 1. The molecule has 1 fully saturated rings. The molecular formula is C19H25N3O2. The number of hydrogen-bond donors (Lipinski definition) is 1. The van der Waals surface area contributed by atoms with Crippen molar-refractivity contribution in [2.24, 2.45) is 0 Å². The highest BCUT2D eigenvalue weighted by atomic mass is 16.3. The highest BCUT2D eigenvalue weighted by Crippen LogP contribution is 2.28. The normalized spacial score (nSPS) is 15.7. The van der Waals surface area contributed by atoms with Crippen molar-refractivity contribution in [3.8, 4) is 0 Å². The van der Waals surface area contributed by atoms with Crippen molar-refractivity contribution in [2.75, 3.05) is 19.7 Å². The maximum atomic E-state index is 12.7. The predicted octanol–water partition coefficient (Wildman–Crippen LogP) is 2.51. The number of aryl methyl sites for hydroxylation is 2. The molecule has 0 radical (unpaired) electrons. The first-order valence-corrected chi connectivity index (χ1v) is 8.59. The molecule has 2 heterocycles. The lowest BCUT2D eigenvalue weighted by Gasteiger charge is -2.32. The molecule has 2 aromatic rings. The molecule has 24 heavy (non-hydrogen) atoms. The topological polar surface area (TPSA) is 58.4 Å². The second-order valence-electron chi connectivity index (χ2n) is 6.57. The van der Waals surface area contributed by atoms with Gasteiger partial charge in [0.2, 0.25) is 0 Å². The van der Waals surface area contributed by atoms with Crippen molar-refractivity contribution in [3.05, 3.63) is 52.8 Å². The Morgan fingerprint density at radius 1 is 1.21 bits per heavy atom. The van der Waals surface area contributed by atoms with Gasteiger partial charge in [-0.1, -0.05) is 6.07 Å². The SMILES string of the molecule is Cc1ccc(C(=O)N2CCC(c3ccnn3CCO)CC2)cc1C. The number of aliphatic hydroxyl groups is 1. The van der Waals surface area contributed by atoms with Crippen molar-refractivity contribution in [1.82, 2.24) is 14.7 Å². The lowest BCUT2D eigenvalue weighted by Crippen LogP contribution is -2.38. The summed E-state index contributed by atoms with van der Waals surface area (Å²) < 4.78 is 1.88. The van der Waals surface area contributed by atoms with Crippen LogP contribution in [0.25, 0.3) is 0 Å². The summed E-state index contributed by atoms with van der Waals surface area (Å²) in [5.41, 5.74) is 4.32. The molecule has 0 atom stereocenters. The molecule has 0 spiro atoms. The van der Waals surface area contributed by atoms with Gasteiger partial charge in [-0.3, -0.25) is 9.48 Å². The average Bonchev–Trinajstić information content (AvgIpc) is 3.05. The van der Waals surface area contributed by atoms with Crippen LogP contribution in [0, 0.1) is 13.8 Å². The van der Waals surface area contributed by atoms with Crippen LogP contribution >= 0.6 is 0 Å². The van der Waals surface area contributed by atoms with E-state index in [9.17, 15) is 4.79 Å². The number of carbonyl (C=O) groups excluding carboxylic acids is 1. The Morgan fingerprint density at radius 2 is 1.96 bits per heavy atom. The summed E-state index contributed by atoms with van der Waals surface area (Å²) in [5.74, 6) is 0.531. The number of nitrogens with zero attached hydrogens (tertiary/aromatic N) is 3. The van der Waals surface area contributed by atoms with E-state index in [-0.39, 0.29) is 12.5 Å². The summed E-state index contributed by atoms with van der Waals surface area (Å²) in [7, 11) is 0. The fourth-order valence-electron chi connectivity index (χ4n) is 3.41. The van der Waals surface area contributed by atoms with Crippen LogP contribution in [0.5, 0.6) is 0 Å². The van der Waals surface area contributed by atoms with E-state index in [1.54, 1.807) is 6.20 Å². The summed E-state index contributed by atoms with van der Waals surface area (Å²) in [4.78, 5) is 14.7. The molecule has 5 nitrogen and oxygen atoms in total. The van der Waals surface area contributed by atoms with E-state index in [1.807, 2.05) is 40.8 Å². The molecule has 5 heteroatoms. The van der Waals surface area contributed by atoms with Gasteiger partial charge in [-0.25, -0.2) is 0 Å². The molecule has 128 valence electrons. The molecule has 0 aliphatic carbocycles. The number of hydrogen-bond acceptors (Lipinski definition) is 3. The maximum absolute atomic E-state index is 12.7. The van der Waals surface area contributed by atoms with Gasteiger partial charge >= 0.3 is 0 Å². The first-order valence-electron chi connectivity index (χ1n) is 8.59. The highest BCUT2D eigenvalue weighted by molar-refractivity contribution is 5.94. The predicted molar refractivity (Wildman–Crippen MR) is 93.1 cm³/mol. The van der Waals surface area contributed by atoms with Crippen LogP contribution < -0.4 is 0 Å². The number of benzene rings is 1. The van der Waals surface area contributed by atoms with Crippen LogP contribution in [0.3, 0.4) is 0 Å². The number of carbonyl (C=O) groups is 1. The number of amides is 1. The Labute approximate surface area is 142 Å². The van der Waals surface area contributed by atoms with Crippen LogP contribution in [0.2, 0.25) is 0 Å².